The van der Waals surface area contributed by atoms with Crippen molar-refractivity contribution in [3.05, 3.63) is 118 Å². The van der Waals surface area contributed by atoms with E-state index in [1.807, 2.05) is 36.4 Å². The first-order chi connectivity index (χ1) is 29.0. The standard InChI is InChI=1S/C42H55N9O9/c1-59-23-21-47(38(53)31-49(26-34-13-6-3-7-14-34)37(52)25-44-19-12-20-45-46-43)29-40(55)50(27-35-15-8-4-9-16-35)32-39(54)48(22-24-60-2)30-41(56)51(33-42(57)58)28-36-17-10-5-11-18-36/h3-11,13-18,44H,12,19-33H2,1-2H3,(H,57,58). The molecule has 0 heterocycles. The molecule has 3 rings (SSSR count). The van der Waals surface area contributed by atoms with E-state index in [9.17, 15) is 33.9 Å². The normalized spacial score (nSPS) is 10.6. The summed E-state index contributed by atoms with van der Waals surface area (Å²) in [7, 11) is 2.89. The van der Waals surface area contributed by atoms with Crippen molar-refractivity contribution in [1.82, 2.24) is 29.8 Å². The van der Waals surface area contributed by atoms with Crippen molar-refractivity contribution < 1.29 is 43.3 Å². The van der Waals surface area contributed by atoms with E-state index in [1.165, 1.54) is 33.8 Å². The highest BCUT2D eigenvalue weighted by atomic mass is 16.5. The van der Waals surface area contributed by atoms with Crippen molar-refractivity contribution in [2.45, 2.75) is 26.1 Å². The maximum atomic E-state index is 14.2. The second-order valence-corrected chi connectivity index (χ2v) is 13.7. The number of methoxy groups -OCH3 is 2. The number of nitrogens with one attached hydrogen (secondary N) is 1. The molecular weight excluding hydrogens is 775 g/mol. The number of hydrogen-bond acceptors (Lipinski definition) is 10. The van der Waals surface area contributed by atoms with Crippen molar-refractivity contribution in [2.24, 2.45) is 5.11 Å². The molecule has 0 fully saturated rings. The lowest BCUT2D eigenvalue weighted by Crippen LogP contribution is -2.51. The van der Waals surface area contributed by atoms with Gasteiger partial charge in [0.05, 0.1) is 32.8 Å². The summed E-state index contributed by atoms with van der Waals surface area (Å²) in [6.07, 6.45) is 0.516. The molecule has 2 N–H and O–H groups in total. The molecule has 0 saturated carbocycles. The third-order valence-corrected chi connectivity index (χ3v) is 9.12. The van der Waals surface area contributed by atoms with Gasteiger partial charge in [-0.1, -0.05) is 96.1 Å². The van der Waals surface area contributed by atoms with Crippen LogP contribution in [0.1, 0.15) is 23.1 Å². The Labute approximate surface area is 350 Å². The second kappa shape index (κ2) is 27.4. The fourth-order valence-electron chi connectivity index (χ4n) is 5.94. The molecular formula is C42H55N9O9. The Hall–Kier alpha value is -6.33. The van der Waals surface area contributed by atoms with Crippen LogP contribution in [0, 0.1) is 0 Å². The van der Waals surface area contributed by atoms with Gasteiger partial charge in [0, 0.05) is 58.4 Å². The first-order valence-electron chi connectivity index (χ1n) is 19.5. The third-order valence-electron chi connectivity index (χ3n) is 9.12. The van der Waals surface area contributed by atoms with Crippen LogP contribution in [0.3, 0.4) is 0 Å². The van der Waals surface area contributed by atoms with Gasteiger partial charge in [0.15, 0.2) is 0 Å². The molecule has 60 heavy (non-hydrogen) atoms. The van der Waals surface area contributed by atoms with Crippen molar-refractivity contribution in [1.29, 1.82) is 0 Å². The van der Waals surface area contributed by atoms with Gasteiger partial charge in [-0.2, -0.15) is 0 Å². The maximum absolute atomic E-state index is 14.2. The van der Waals surface area contributed by atoms with Crippen molar-refractivity contribution >= 4 is 35.5 Å². The van der Waals surface area contributed by atoms with Gasteiger partial charge >= 0.3 is 5.97 Å². The molecule has 0 saturated heterocycles. The molecule has 0 aliphatic carbocycles. The van der Waals surface area contributed by atoms with Gasteiger partial charge in [0.1, 0.15) is 19.6 Å². The Balaban J connectivity index is 1.84. The van der Waals surface area contributed by atoms with Crippen LogP contribution >= 0.6 is 0 Å². The molecule has 0 aliphatic heterocycles. The average Bonchev–Trinajstić information content (AvgIpc) is 3.24. The molecule has 0 unspecified atom stereocenters. The third kappa shape index (κ3) is 18.1. The van der Waals surface area contributed by atoms with Gasteiger partial charge in [-0.15, -0.1) is 0 Å². The fourth-order valence-corrected chi connectivity index (χ4v) is 5.94. The number of ether oxygens (including phenoxy) is 2. The largest absolute Gasteiger partial charge is 0.480 e. The zero-order valence-electron chi connectivity index (χ0n) is 34.3. The highest BCUT2D eigenvalue weighted by Gasteiger charge is 2.29. The van der Waals surface area contributed by atoms with E-state index in [4.69, 9.17) is 15.0 Å². The summed E-state index contributed by atoms with van der Waals surface area (Å²) in [6, 6.07) is 27.0. The lowest BCUT2D eigenvalue weighted by molar-refractivity contribution is -0.149. The fraction of sp³-hybridized carbons (Fsp3) is 0.429. The van der Waals surface area contributed by atoms with Crippen molar-refractivity contribution in [3.63, 3.8) is 0 Å². The summed E-state index contributed by atoms with van der Waals surface area (Å²) in [5.74, 6) is -3.88. The van der Waals surface area contributed by atoms with E-state index in [1.54, 1.807) is 54.6 Å². The van der Waals surface area contributed by atoms with Crippen LogP contribution in [-0.2, 0) is 57.9 Å². The number of carboxylic acids is 1. The smallest absolute Gasteiger partial charge is 0.323 e. The van der Waals surface area contributed by atoms with Crippen LogP contribution in [0.4, 0.5) is 0 Å². The molecule has 0 radical (unpaired) electrons. The number of rotatable bonds is 28. The minimum absolute atomic E-state index is 0.00595. The Morgan fingerprint density at radius 2 is 0.950 bits per heavy atom. The van der Waals surface area contributed by atoms with E-state index in [0.717, 1.165) is 10.5 Å². The Kier molecular flexibility index (Phi) is 21.9. The van der Waals surface area contributed by atoms with Crippen molar-refractivity contribution in [3.8, 4) is 0 Å². The number of nitrogens with zero attached hydrogens (tertiary/aromatic N) is 8. The van der Waals surface area contributed by atoms with Gasteiger partial charge in [-0.3, -0.25) is 28.8 Å². The topological polar surface area (TPSA) is 218 Å². The van der Waals surface area contributed by atoms with Crippen LogP contribution in [0.15, 0.2) is 96.1 Å². The minimum Gasteiger partial charge on any atom is -0.480 e. The first kappa shape index (κ1) is 48.0. The summed E-state index contributed by atoms with van der Waals surface area (Å²) < 4.78 is 10.5. The Bertz CT molecular complexity index is 1850. The molecule has 0 atom stereocenters. The van der Waals surface area contributed by atoms with Gasteiger partial charge < -0.3 is 44.4 Å². The van der Waals surface area contributed by atoms with E-state index >= 15 is 0 Å². The predicted molar refractivity (Wildman–Crippen MR) is 222 cm³/mol. The summed E-state index contributed by atoms with van der Waals surface area (Å²) >= 11 is 0. The number of amides is 5. The molecule has 0 bridgehead atoms. The molecule has 322 valence electrons. The minimum atomic E-state index is -1.22. The Morgan fingerprint density at radius 1 is 0.583 bits per heavy atom. The second-order valence-electron chi connectivity index (χ2n) is 13.7. The lowest BCUT2D eigenvalue weighted by Gasteiger charge is -2.31. The van der Waals surface area contributed by atoms with Gasteiger partial charge in [0.2, 0.25) is 29.5 Å². The van der Waals surface area contributed by atoms with Crippen LogP contribution < -0.4 is 5.32 Å². The first-order valence-corrected chi connectivity index (χ1v) is 19.5. The lowest BCUT2D eigenvalue weighted by atomic mass is 10.2. The van der Waals surface area contributed by atoms with E-state index < -0.39 is 55.8 Å². The summed E-state index contributed by atoms with van der Waals surface area (Å²) in [4.78, 5) is 90.2. The van der Waals surface area contributed by atoms with Crippen LogP contribution in [-0.4, -0.2) is 158 Å². The van der Waals surface area contributed by atoms with Crippen LogP contribution in [0.25, 0.3) is 10.4 Å². The molecule has 0 aromatic heterocycles. The summed E-state index contributed by atoms with van der Waals surface area (Å²) in [6.45, 7) is -1.49. The van der Waals surface area contributed by atoms with E-state index in [2.05, 4.69) is 15.3 Å². The quantitative estimate of drug-likeness (QED) is 0.0471. The summed E-state index contributed by atoms with van der Waals surface area (Å²) in [5, 5.41) is 16.1. The SMILES string of the molecule is COCCN(CC(=O)N(CC(=O)N(CCOC)CC(=O)N(CC(=O)O)Cc1ccccc1)Cc1ccccc1)C(=O)CN(Cc1ccccc1)C(=O)CNCCCN=[N+]=[N-]. The number of aliphatic carboxylic acids is 1. The highest BCUT2D eigenvalue weighted by molar-refractivity contribution is 5.92. The summed E-state index contributed by atoms with van der Waals surface area (Å²) in [5.41, 5.74) is 10.7. The van der Waals surface area contributed by atoms with Gasteiger partial charge in [0.25, 0.3) is 0 Å². The average molecular weight is 830 g/mol. The van der Waals surface area contributed by atoms with Crippen molar-refractivity contribution in [2.75, 3.05) is 92.9 Å². The Morgan fingerprint density at radius 3 is 1.33 bits per heavy atom. The predicted octanol–water partition coefficient (Wildman–Crippen LogP) is 2.40. The molecule has 3 aromatic carbocycles. The van der Waals surface area contributed by atoms with Gasteiger partial charge in [-0.05, 0) is 35.2 Å². The number of carbonyl (C=O) groups excluding carboxylic acids is 5. The zero-order valence-corrected chi connectivity index (χ0v) is 34.3. The number of azide groups is 1. The highest BCUT2D eigenvalue weighted by Crippen LogP contribution is 2.11. The molecule has 0 aliphatic rings. The molecule has 0 spiro atoms. The number of benzene rings is 3. The molecule has 5 amide bonds. The molecule has 3 aromatic rings. The van der Waals surface area contributed by atoms with E-state index in [-0.39, 0.29) is 71.5 Å². The number of carbonyl (C=O) groups is 6. The van der Waals surface area contributed by atoms with Gasteiger partial charge in [-0.25, -0.2) is 0 Å². The number of carboxylic acid groups (broad SMARTS) is 1. The zero-order chi connectivity index (χ0) is 43.5. The van der Waals surface area contributed by atoms with Crippen LogP contribution in [0.5, 0.6) is 0 Å². The van der Waals surface area contributed by atoms with Crippen LogP contribution in [0.2, 0.25) is 0 Å². The maximum Gasteiger partial charge on any atom is 0.323 e. The monoisotopic (exact) mass is 829 g/mol. The molecule has 18 heteroatoms. The van der Waals surface area contributed by atoms with E-state index in [0.29, 0.717) is 24.1 Å². The number of hydrogen-bond donors (Lipinski definition) is 2. The molecule has 18 nitrogen and oxygen atoms in total.